The van der Waals surface area contributed by atoms with Crippen LogP contribution >= 0.6 is 15.9 Å². The van der Waals surface area contributed by atoms with Crippen LogP contribution in [0.4, 0.5) is 4.39 Å². The van der Waals surface area contributed by atoms with Gasteiger partial charge in [-0.1, -0.05) is 0 Å². The van der Waals surface area contributed by atoms with Crippen molar-refractivity contribution < 1.29 is 29.0 Å². The molecule has 1 saturated heterocycles. The van der Waals surface area contributed by atoms with E-state index < -0.39 is 29.0 Å². The van der Waals surface area contributed by atoms with Crippen LogP contribution in [0.1, 0.15) is 25.8 Å². The molecule has 138 valence electrons. The largest absolute Gasteiger partial charge is 0.495 e. The molecule has 2 fully saturated rings. The zero-order chi connectivity index (χ0) is 18.6. The molecule has 8 heteroatoms. The molecule has 1 saturated carbocycles. The average molecular weight is 418 g/mol. The van der Waals surface area contributed by atoms with Crippen molar-refractivity contribution in [1.29, 1.82) is 0 Å². The number of aliphatic hydroxyl groups is 2. The highest BCUT2D eigenvalue weighted by Crippen LogP contribution is 2.65. The van der Waals surface area contributed by atoms with Crippen molar-refractivity contribution >= 4 is 21.7 Å². The van der Waals surface area contributed by atoms with Crippen molar-refractivity contribution in [1.82, 2.24) is 5.06 Å². The summed E-state index contributed by atoms with van der Waals surface area (Å²) in [5, 5.41) is 21.5. The summed E-state index contributed by atoms with van der Waals surface area (Å²) in [5.74, 6) is -0.381. The topological polar surface area (TPSA) is 79.2 Å². The first kappa shape index (κ1) is 18.7. The minimum absolute atomic E-state index is 0.0486. The molecule has 25 heavy (non-hydrogen) atoms. The number of Topliss-reactive ketones (excluding diaryl/α,β-unsaturated/α-hetero) is 1. The predicted octanol–water partition coefficient (Wildman–Crippen LogP) is 1.80. The Hall–Kier alpha value is -1.06. The average Bonchev–Trinajstić information content (AvgIpc) is 2.95. The molecule has 6 nitrogen and oxygen atoms in total. The normalized spacial score (nSPS) is 34.5. The molecular formula is C17H21BrFNO5. The number of hydroxylamine groups is 2. The van der Waals surface area contributed by atoms with Crippen molar-refractivity contribution in [2.45, 2.75) is 44.6 Å². The number of benzene rings is 1. The van der Waals surface area contributed by atoms with Gasteiger partial charge in [0.2, 0.25) is 0 Å². The van der Waals surface area contributed by atoms with Gasteiger partial charge >= 0.3 is 0 Å². The van der Waals surface area contributed by atoms with Gasteiger partial charge in [0.1, 0.15) is 29.5 Å². The second-order valence-corrected chi connectivity index (χ2v) is 7.75. The fraction of sp³-hybridized carbons (Fsp3) is 0.588. The van der Waals surface area contributed by atoms with Gasteiger partial charge in [-0.3, -0.25) is 9.63 Å². The molecule has 1 unspecified atom stereocenters. The molecule has 1 aromatic rings. The molecule has 1 aliphatic carbocycles. The molecule has 0 aromatic heterocycles. The summed E-state index contributed by atoms with van der Waals surface area (Å²) in [6.07, 6.45) is -0.387. The first-order chi connectivity index (χ1) is 11.7. The van der Waals surface area contributed by atoms with Crippen LogP contribution in [-0.2, 0) is 16.2 Å². The highest BCUT2D eigenvalue weighted by Gasteiger charge is 2.77. The number of halogens is 2. The maximum Gasteiger partial charge on any atom is 0.150 e. The Morgan fingerprint density at radius 3 is 2.68 bits per heavy atom. The van der Waals surface area contributed by atoms with E-state index in [0.29, 0.717) is 16.6 Å². The SMILES string of the molecule is COc1c(Br)ccc(F)c1CN1O[C@@H](CO)[C@]2(CC2(C)O)[C@H]1C(C)=O. The summed E-state index contributed by atoms with van der Waals surface area (Å²) < 4.78 is 20.2. The van der Waals surface area contributed by atoms with E-state index in [9.17, 15) is 19.4 Å². The van der Waals surface area contributed by atoms with Crippen LogP contribution in [0.2, 0.25) is 0 Å². The zero-order valence-electron chi connectivity index (χ0n) is 14.3. The molecule has 0 amide bonds. The lowest BCUT2D eigenvalue weighted by Gasteiger charge is -2.25. The Balaban J connectivity index is 1.99. The number of methoxy groups -OCH3 is 1. The van der Waals surface area contributed by atoms with E-state index >= 15 is 0 Å². The van der Waals surface area contributed by atoms with E-state index in [1.807, 2.05) is 0 Å². The highest BCUT2D eigenvalue weighted by atomic mass is 79.9. The third-order valence-corrected chi connectivity index (χ3v) is 5.98. The van der Waals surface area contributed by atoms with Crippen molar-refractivity contribution in [3.63, 3.8) is 0 Å². The summed E-state index contributed by atoms with van der Waals surface area (Å²) in [4.78, 5) is 18.1. The van der Waals surface area contributed by atoms with E-state index in [-0.39, 0.29) is 24.5 Å². The molecule has 1 spiro atoms. The van der Waals surface area contributed by atoms with Gasteiger partial charge in [-0.15, -0.1) is 0 Å². The minimum atomic E-state index is -1.12. The summed E-state index contributed by atoms with van der Waals surface area (Å²) in [6.45, 7) is 2.64. The number of carbonyl (C=O) groups is 1. The maximum atomic E-state index is 14.4. The number of hydrogen-bond donors (Lipinski definition) is 2. The van der Waals surface area contributed by atoms with Gasteiger partial charge in [-0.05, 0) is 48.3 Å². The van der Waals surface area contributed by atoms with Crippen LogP contribution in [0.3, 0.4) is 0 Å². The third-order valence-electron chi connectivity index (χ3n) is 5.35. The monoisotopic (exact) mass is 417 g/mol. The number of ketones is 1. The first-order valence-corrected chi connectivity index (χ1v) is 8.77. The molecule has 2 N–H and O–H groups in total. The minimum Gasteiger partial charge on any atom is -0.495 e. The van der Waals surface area contributed by atoms with E-state index in [0.717, 1.165) is 0 Å². The Morgan fingerprint density at radius 2 is 2.20 bits per heavy atom. The van der Waals surface area contributed by atoms with Gasteiger partial charge in [0.15, 0.2) is 0 Å². The molecule has 2 aliphatic rings. The molecule has 0 radical (unpaired) electrons. The van der Waals surface area contributed by atoms with Gasteiger partial charge in [0.05, 0.1) is 35.8 Å². The van der Waals surface area contributed by atoms with Gasteiger partial charge in [-0.2, -0.15) is 5.06 Å². The highest BCUT2D eigenvalue weighted by molar-refractivity contribution is 9.10. The van der Waals surface area contributed by atoms with E-state index in [2.05, 4.69) is 15.9 Å². The van der Waals surface area contributed by atoms with E-state index in [4.69, 9.17) is 9.57 Å². The Kier molecular flexibility index (Phi) is 4.70. The summed E-state index contributed by atoms with van der Waals surface area (Å²) in [6, 6.07) is 2.06. The second kappa shape index (κ2) is 6.28. The molecule has 4 atom stereocenters. The predicted molar refractivity (Wildman–Crippen MR) is 90.3 cm³/mol. The lowest BCUT2D eigenvalue weighted by atomic mass is 9.85. The third kappa shape index (κ3) is 2.71. The summed E-state index contributed by atoms with van der Waals surface area (Å²) >= 11 is 3.32. The van der Waals surface area contributed by atoms with Crippen LogP contribution < -0.4 is 4.74 Å². The Bertz CT molecular complexity index is 713. The van der Waals surface area contributed by atoms with Crippen molar-refractivity contribution in [2.24, 2.45) is 5.41 Å². The molecule has 3 rings (SSSR count). The lowest BCUT2D eigenvalue weighted by Crippen LogP contribution is -2.43. The van der Waals surface area contributed by atoms with Gasteiger partial charge in [0, 0.05) is 5.56 Å². The van der Waals surface area contributed by atoms with Crippen molar-refractivity contribution in [2.75, 3.05) is 13.7 Å². The van der Waals surface area contributed by atoms with E-state index in [1.54, 1.807) is 6.92 Å². The number of nitrogens with zero attached hydrogens (tertiary/aromatic N) is 1. The molecule has 1 heterocycles. The Labute approximate surface area is 153 Å². The Morgan fingerprint density at radius 1 is 1.56 bits per heavy atom. The quantitative estimate of drug-likeness (QED) is 0.760. The van der Waals surface area contributed by atoms with Crippen molar-refractivity contribution in [3.8, 4) is 5.75 Å². The standard InChI is InChI=1S/C17H21BrFNO5/c1-9(22)15-17(8-16(17,2)23)13(7-21)25-20(15)6-10-12(19)5-4-11(18)14(10)24-3/h4-5,13,15,21,23H,6-8H2,1-3H3/t13-,15+,16?,17+/m0/s1. The number of hydrogen-bond acceptors (Lipinski definition) is 6. The van der Waals surface area contributed by atoms with Gasteiger partial charge in [0.25, 0.3) is 0 Å². The molecule has 1 aliphatic heterocycles. The van der Waals surface area contributed by atoms with Crippen LogP contribution in [-0.4, -0.2) is 52.5 Å². The van der Waals surface area contributed by atoms with Gasteiger partial charge < -0.3 is 14.9 Å². The number of aliphatic hydroxyl groups excluding tert-OH is 1. The van der Waals surface area contributed by atoms with E-state index in [1.165, 1.54) is 31.2 Å². The van der Waals surface area contributed by atoms with Crippen LogP contribution in [0.25, 0.3) is 0 Å². The fourth-order valence-corrected chi connectivity index (χ4v) is 4.65. The smallest absolute Gasteiger partial charge is 0.150 e. The van der Waals surface area contributed by atoms with Gasteiger partial charge in [-0.25, -0.2) is 4.39 Å². The zero-order valence-corrected chi connectivity index (χ0v) is 15.8. The summed E-state index contributed by atoms with van der Waals surface area (Å²) in [5.41, 5.74) is -1.77. The maximum absolute atomic E-state index is 14.4. The van der Waals surface area contributed by atoms with Crippen LogP contribution in [0, 0.1) is 11.2 Å². The second-order valence-electron chi connectivity index (χ2n) is 6.90. The number of ether oxygens (including phenoxy) is 1. The van der Waals surface area contributed by atoms with Crippen molar-refractivity contribution in [3.05, 3.63) is 28.0 Å². The summed E-state index contributed by atoms with van der Waals surface area (Å²) in [7, 11) is 1.43. The lowest BCUT2D eigenvalue weighted by molar-refractivity contribution is -0.181. The number of carbonyl (C=O) groups excluding carboxylic acids is 1. The molecule has 1 aromatic carbocycles. The number of rotatable bonds is 5. The van der Waals surface area contributed by atoms with Crippen LogP contribution in [0.15, 0.2) is 16.6 Å². The fourth-order valence-electron chi connectivity index (χ4n) is 4.12. The van der Waals surface area contributed by atoms with Crippen LogP contribution in [0.5, 0.6) is 5.75 Å². The molecular weight excluding hydrogens is 397 g/mol. The first-order valence-electron chi connectivity index (χ1n) is 7.97. The molecule has 0 bridgehead atoms.